The Labute approximate surface area is 208 Å². The average Bonchev–Trinajstić information content (AvgIpc) is 3.31. The molecule has 0 aliphatic carbocycles. The van der Waals surface area contributed by atoms with E-state index in [4.69, 9.17) is 4.74 Å². The molecule has 0 saturated carbocycles. The van der Waals surface area contributed by atoms with Crippen molar-refractivity contribution >= 4 is 11.0 Å². The number of aromatic nitrogens is 2. The first-order valence-corrected chi connectivity index (χ1v) is 13.2. The van der Waals surface area contributed by atoms with Crippen LogP contribution < -0.4 is 4.74 Å². The van der Waals surface area contributed by atoms with Gasteiger partial charge in [-0.05, 0) is 53.9 Å². The maximum atomic E-state index is 14.9. The number of nitrogens with one attached hydrogen (secondary N) is 1. The summed E-state index contributed by atoms with van der Waals surface area (Å²) in [6.07, 6.45) is 13.2. The molecule has 1 aromatic heterocycles. The molecule has 0 bridgehead atoms. The summed E-state index contributed by atoms with van der Waals surface area (Å²) in [5.74, 6) is 1.12. The molecule has 0 amide bonds. The van der Waals surface area contributed by atoms with Gasteiger partial charge < -0.3 is 9.72 Å². The summed E-state index contributed by atoms with van der Waals surface area (Å²) in [6, 6.07) is 20.9. The largest absolute Gasteiger partial charge is 0.494 e. The minimum absolute atomic E-state index is 0.289. The highest BCUT2D eigenvalue weighted by Gasteiger charge is 2.11. The van der Waals surface area contributed by atoms with Crippen LogP contribution in [0, 0.1) is 5.82 Å². The Morgan fingerprint density at radius 3 is 2.09 bits per heavy atom. The number of nitrogens with zero attached hydrogens (tertiary/aromatic N) is 1. The van der Waals surface area contributed by atoms with Crippen molar-refractivity contribution in [2.45, 2.75) is 71.1 Å². The van der Waals surface area contributed by atoms with Crippen molar-refractivity contribution in [3.05, 3.63) is 72.5 Å². The lowest BCUT2D eigenvalue weighted by atomic mass is 10.0. The number of halogens is 1. The third-order valence-corrected chi connectivity index (χ3v) is 6.57. The number of hydrogen-bond acceptors (Lipinski definition) is 2. The second kappa shape index (κ2) is 13.1. The fourth-order valence-corrected chi connectivity index (χ4v) is 4.49. The van der Waals surface area contributed by atoms with Gasteiger partial charge in [-0.25, -0.2) is 9.37 Å². The van der Waals surface area contributed by atoms with Gasteiger partial charge in [-0.15, -0.1) is 0 Å². The second-order valence-electron chi connectivity index (χ2n) is 9.35. The molecule has 4 heteroatoms. The molecule has 1 heterocycles. The zero-order valence-corrected chi connectivity index (χ0v) is 20.9. The van der Waals surface area contributed by atoms with Gasteiger partial charge in [0.25, 0.3) is 0 Å². The normalized spacial score (nSPS) is 11.3. The van der Waals surface area contributed by atoms with Crippen LogP contribution in [0.25, 0.3) is 33.5 Å². The van der Waals surface area contributed by atoms with Crippen LogP contribution >= 0.6 is 0 Å². The van der Waals surface area contributed by atoms with E-state index >= 15 is 0 Å². The third-order valence-electron chi connectivity index (χ3n) is 6.57. The van der Waals surface area contributed by atoms with Gasteiger partial charge in [0.15, 0.2) is 0 Å². The van der Waals surface area contributed by atoms with E-state index in [1.165, 1.54) is 57.8 Å². The summed E-state index contributed by atoms with van der Waals surface area (Å²) in [7, 11) is 0. The Morgan fingerprint density at radius 2 is 1.40 bits per heavy atom. The summed E-state index contributed by atoms with van der Waals surface area (Å²) >= 11 is 0. The van der Waals surface area contributed by atoms with Crippen molar-refractivity contribution in [3.63, 3.8) is 0 Å². The molecule has 0 fully saturated rings. The predicted octanol–water partition coefficient (Wildman–Crippen LogP) is 9.34. The zero-order chi connectivity index (χ0) is 24.3. The number of aromatic amines is 1. The second-order valence-corrected chi connectivity index (χ2v) is 9.35. The molecule has 3 aromatic carbocycles. The fraction of sp³-hybridized carbons (Fsp3) is 0.387. The Morgan fingerprint density at radius 1 is 0.743 bits per heavy atom. The first kappa shape index (κ1) is 25.0. The minimum atomic E-state index is -0.289. The van der Waals surface area contributed by atoms with E-state index < -0.39 is 0 Å². The molecule has 0 saturated heterocycles. The Balaban J connectivity index is 1.22. The van der Waals surface area contributed by atoms with Gasteiger partial charge in [0.2, 0.25) is 0 Å². The first-order chi connectivity index (χ1) is 17.2. The van der Waals surface area contributed by atoms with E-state index in [1.54, 1.807) is 12.1 Å². The quantitative estimate of drug-likeness (QED) is 0.186. The number of rotatable bonds is 14. The van der Waals surface area contributed by atoms with Crippen LogP contribution in [0.4, 0.5) is 4.39 Å². The number of ether oxygens (including phenoxy) is 1. The van der Waals surface area contributed by atoms with Crippen molar-refractivity contribution in [3.8, 4) is 28.3 Å². The highest BCUT2D eigenvalue weighted by molar-refractivity contribution is 5.80. The number of imidazole rings is 1. The number of benzene rings is 3. The summed E-state index contributed by atoms with van der Waals surface area (Å²) in [5.41, 5.74) is 4.01. The summed E-state index contributed by atoms with van der Waals surface area (Å²) < 4.78 is 20.8. The Hall–Kier alpha value is -3.14. The van der Waals surface area contributed by atoms with Gasteiger partial charge in [0, 0.05) is 0 Å². The van der Waals surface area contributed by atoms with Gasteiger partial charge in [-0.2, -0.15) is 0 Å². The predicted molar refractivity (Wildman–Crippen MR) is 144 cm³/mol. The molecule has 4 rings (SSSR count). The Bertz CT molecular complexity index is 1150. The molecule has 0 radical (unpaired) electrons. The van der Waals surface area contributed by atoms with Crippen molar-refractivity contribution in [1.82, 2.24) is 9.97 Å². The zero-order valence-electron chi connectivity index (χ0n) is 20.9. The number of para-hydroxylation sites is 2. The van der Waals surface area contributed by atoms with Crippen LogP contribution in [0.15, 0.2) is 66.7 Å². The maximum absolute atomic E-state index is 14.9. The highest BCUT2D eigenvalue weighted by Crippen LogP contribution is 2.29. The van der Waals surface area contributed by atoms with E-state index in [0.717, 1.165) is 40.9 Å². The van der Waals surface area contributed by atoms with Crippen molar-refractivity contribution in [2.75, 3.05) is 6.61 Å². The van der Waals surface area contributed by atoms with Crippen molar-refractivity contribution < 1.29 is 9.13 Å². The highest BCUT2D eigenvalue weighted by atomic mass is 19.1. The van der Waals surface area contributed by atoms with Crippen LogP contribution in [0.3, 0.4) is 0 Å². The topological polar surface area (TPSA) is 37.9 Å². The van der Waals surface area contributed by atoms with Gasteiger partial charge in [-0.3, -0.25) is 0 Å². The lowest BCUT2D eigenvalue weighted by molar-refractivity contribution is 0.304. The number of H-pyrrole nitrogens is 1. The summed E-state index contributed by atoms with van der Waals surface area (Å²) in [5, 5.41) is 0. The van der Waals surface area contributed by atoms with Gasteiger partial charge in [-0.1, -0.05) is 95.0 Å². The van der Waals surface area contributed by atoms with Crippen LogP contribution in [-0.2, 0) is 0 Å². The molecule has 4 aromatic rings. The molecular formula is C31H37FN2O. The van der Waals surface area contributed by atoms with E-state index in [-0.39, 0.29) is 5.82 Å². The molecule has 184 valence electrons. The standard InChI is InChI=1S/C31H37FN2O/c1-2-3-4-5-6-7-8-9-10-13-22-35-26-19-16-24(17-20-26)25-18-21-27(28(32)23-25)31-33-29-14-11-12-15-30(29)34-31/h11-12,14-21,23H,2-10,13,22H2,1H3,(H,33,34). The van der Waals surface area contributed by atoms with Gasteiger partial charge in [0.1, 0.15) is 17.4 Å². The molecule has 0 unspecified atom stereocenters. The lowest BCUT2D eigenvalue weighted by Crippen LogP contribution is -1.97. The molecule has 3 nitrogen and oxygen atoms in total. The van der Waals surface area contributed by atoms with E-state index in [2.05, 4.69) is 16.9 Å². The molecular weight excluding hydrogens is 435 g/mol. The molecule has 0 aliphatic rings. The molecule has 0 aliphatic heterocycles. The molecule has 0 atom stereocenters. The van der Waals surface area contributed by atoms with Crippen LogP contribution in [0.5, 0.6) is 5.75 Å². The van der Waals surface area contributed by atoms with Crippen LogP contribution in [-0.4, -0.2) is 16.6 Å². The Kier molecular flexibility index (Phi) is 9.33. The lowest BCUT2D eigenvalue weighted by Gasteiger charge is -2.09. The van der Waals surface area contributed by atoms with Crippen LogP contribution in [0.1, 0.15) is 71.1 Å². The molecule has 35 heavy (non-hydrogen) atoms. The summed E-state index contributed by atoms with van der Waals surface area (Å²) in [6.45, 7) is 3.01. The minimum Gasteiger partial charge on any atom is -0.494 e. The smallest absolute Gasteiger partial charge is 0.141 e. The van der Waals surface area contributed by atoms with Crippen molar-refractivity contribution in [1.29, 1.82) is 0 Å². The van der Waals surface area contributed by atoms with Gasteiger partial charge >= 0.3 is 0 Å². The maximum Gasteiger partial charge on any atom is 0.141 e. The van der Waals surface area contributed by atoms with E-state index in [1.807, 2.05) is 54.6 Å². The first-order valence-electron chi connectivity index (χ1n) is 13.2. The van der Waals surface area contributed by atoms with E-state index in [9.17, 15) is 4.39 Å². The third kappa shape index (κ3) is 7.17. The summed E-state index contributed by atoms with van der Waals surface area (Å²) in [4.78, 5) is 7.71. The van der Waals surface area contributed by atoms with Crippen LogP contribution in [0.2, 0.25) is 0 Å². The fourth-order valence-electron chi connectivity index (χ4n) is 4.49. The van der Waals surface area contributed by atoms with Gasteiger partial charge in [0.05, 0.1) is 23.2 Å². The van der Waals surface area contributed by atoms with E-state index in [0.29, 0.717) is 11.4 Å². The number of hydrogen-bond donors (Lipinski definition) is 1. The average molecular weight is 473 g/mol. The number of unbranched alkanes of at least 4 members (excludes halogenated alkanes) is 9. The van der Waals surface area contributed by atoms with Crippen molar-refractivity contribution in [2.24, 2.45) is 0 Å². The number of fused-ring (bicyclic) bond motifs is 1. The molecule has 0 spiro atoms. The monoisotopic (exact) mass is 472 g/mol. The SMILES string of the molecule is CCCCCCCCCCCCOc1ccc(-c2ccc(-c3nc4ccccc4[nH]3)c(F)c2)cc1. The molecule has 1 N–H and O–H groups in total.